The van der Waals surface area contributed by atoms with Crippen molar-refractivity contribution in [3.63, 3.8) is 0 Å². The Morgan fingerprint density at radius 2 is 2.08 bits per heavy atom. The molecule has 0 aromatic carbocycles. The van der Waals surface area contributed by atoms with E-state index >= 15 is 0 Å². The highest BCUT2D eigenvalue weighted by molar-refractivity contribution is 5.94. The van der Waals surface area contributed by atoms with Crippen LogP contribution in [-0.2, 0) is 14.4 Å². The lowest BCUT2D eigenvalue weighted by Crippen LogP contribution is -2.11. The van der Waals surface area contributed by atoms with Crippen molar-refractivity contribution in [3.8, 4) is 0 Å². The molecule has 3 N–H and O–H groups in total. The minimum absolute atomic E-state index is 0.00889. The van der Waals surface area contributed by atoms with Crippen molar-refractivity contribution in [2.24, 2.45) is 5.90 Å². The first-order valence-electron chi connectivity index (χ1n) is 3.00. The number of aliphatic carboxylic acids is 1. The van der Waals surface area contributed by atoms with Crippen LogP contribution in [0.25, 0.3) is 0 Å². The minimum atomic E-state index is -1.12. The van der Waals surface area contributed by atoms with Gasteiger partial charge in [-0.1, -0.05) is 6.58 Å². The first-order valence-corrected chi connectivity index (χ1v) is 3.00. The van der Waals surface area contributed by atoms with E-state index in [2.05, 4.69) is 17.3 Å². The van der Waals surface area contributed by atoms with E-state index < -0.39 is 11.9 Å². The molecule has 0 bridgehead atoms. The van der Waals surface area contributed by atoms with Gasteiger partial charge in [0.1, 0.15) is 0 Å². The number of carboxylic acids is 1. The predicted octanol–water partition coefficient (Wildman–Crippen LogP) is -0.00960. The summed E-state index contributed by atoms with van der Waals surface area (Å²) in [6.07, 6.45) is 1.08. The summed E-state index contributed by atoms with van der Waals surface area (Å²) in [4.78, 5) is 24.7. The maximum atomic E-state index is 10.6. The monoisotopic (exact) mass is 171 g/mol. The van der Waals surface area contributed by atoms with Gasteiger partial charge in [-0.2, -0.15) is 5.90 Å². The molecule has 0 saturated carbocycles. The third-order valence-electron chi connectivity index (χ3n) is 1.10. The van der Waals surface area contributed by atoms with Crippen LogP contribution in [0.15, 0.2) is 23.8 Å². The third kappa shape index (κ3) is 2.98. The van der Waals surface area contributed by atoms with Gasteiger partial charge >= 0.3 is 11.9 Å². The second-order valence-corrected chi connectivity index (χ2v) is 2.06. The van der Waals surface area contributed by atoms with Crippen LogP contribution in [0.5, 0.6) is 0 Å². The van der Waals surface area contributed by atoms with Crippen LogP contribution in [0.1, 0.15) is 6.92 Å². The fraction of sp³-hybridized carbons (Fsp3) is 0.143. The Kier molecular flexibility index (Phi) is 3.72. The van der Waals surface area contributed by atoms with E-state index in [1.165, 1.54) is 6.92 Å². The first kappa shape index (κ1) is 10.4. The van der Waals surface area contributed by atoms with Gasteiger partial charge in [0.15, 0.2) is 0 Å². The molecule has 0 heterocycles. The Morgan fingerprint density at radius 3 is 2.42 bits per heavy atom. The zero-order chi connectivity index (χ0) is 9.72. The van der Waals surface area contributed by atoms with E-state index in [1.807, 2.05) is 0 Å². The molecule has 5 nitrogen and oxygen atoms in total. The van der Waals surface area contributed by atoms with Gasteiger partial charge in [0.2, 0.25) is 0 Å². The highest BCUT2D eigenvalue weighted by Crippen LogP contribution is 2.01. The SMILES string of the molecule is C=C(C=C(C)C(=O)O)C(=O)ON. The van der Waals surface area contributed by atoms with Gasteiger partial charge in [0.05, 0.1) is 5.57 Å². The van der Waals surface area contributed by atoms with Crippen LogP contribution in [0, 0.1) is 0 Å². The molecule has 0 aromatic heterocycles. The van der Waals surface area contributed by atoms with Gasteiger partial charge in [0, 0.05) is 5.57 Å². The van der Waals surface area contributed by atoms with Crippen LogP contribution in [0.4, 0.5) is 0 Å². The third-order valence-corrected chi connectivity index (χ3v) is 1.10. The normalized spacial score (nSPS) is 10.7. The number of carbonyl (C=O) groups is 2. The number of nitrogens with two attached hydrogens (primary N) is 1. The van der Waals surface area contributed by atoms with Gasteiger partial charge < -0.3 is 9.94 Å². The topological polar surface area (TPSA) is 89.6 Å². The minimum Gasteiger partial charge on any atom is -0.478 e. The number of carbonyl (C=O) groups excluding carboxylic acids is 1. The molecule has 0 rings (SSSR count). The molecule has 0 unspecified atom stereocenters. The average molecular weight is 171 g/mol. The van der Waals surface area contributed by atoms with E-state index in [0.29, 0.717) is 0 Å². The molecular formula is C7H9NO4. The molecule has 5 heteroatoms. The molecule has 0 saturated heterocycles. The van der Waals surface area contributed by atoms with Crippen LogP contribution >= 0.6 is 0 Å². The lowest BCUT2D eigenvalue weighted by atomic mass is 10.2. The molecule has 0 aliphatic rings. The fourth-order valence-corrected chi connectivity index (χ4v) is 0.458. The maximum Gasteiger partial charge on any atom is 0.356 e. The lowest BCUT2D eigenvalue weighted by Gasteiger charge is -1.96. The van der Waals surface area contributed by atoms with Crippen molar-refractivity contribution in [2.75, 3.05) is 0 Å². The average Bonchev–Trinajstić information content (AvgIpc) is 2.02. The summed E-state index contributed by atoms with van der Waals surface area (Å²) in [5.74, 6) is 2.56. The smallest absolute Gasteiger partial charge is 0.356 e. The van der Waals surface area contributed by atoms with Crippen LogP contribution in [0.2, 0.25) is 0 Å². The van der Waals surface area contributed by atoms with Crippen molar-refractivity contribution >= 4 is 11.9 Å². The number of carboxylic acid groups (broad SMARTS) is 1. The molecule has 0 fully saturated rings. The fourth-order valence-electron chi connectivity index (χ4n) is 0.458. The predicted molar refractivity (Wildman–Crippen MR) is 40.8 cm³/mol. The second kappa shape index (κ2) is 4.30. The van der Waals surface area contributed by atoms with E-state index in [0.717, 1.165) is 6.08 Å². The lowest BCUT2D eigenvalue weighted by molar-refractivity contribution is -0.139. The molecule has 0 amide bonds. The highest BCUT2D eigenvalue weighted by atomic mass is 16.7. The Hall–Kier alpha value is -1.62. The zero-order valence-electron chi connectivity index (χ0n) is 6.53. The molecule has 0 radical (unpaired) electrons. The molecule has 12 heavy (non-hydrogen) atoms. The zero-order valence-corrected chi connectivity index (χ0v) is 6.53. The molecule has 66 valence electrons. The molecular weight excluding hydrogens is 162 g/mol. The Balaban J connectivity index is 4.44. The summed E-state index contributed by atoms with van der Waals surface area (Å²) in [6.45, 7) is 4.58. The number of rotatable bonds is 3. The molecule has 0 atom stereocenters. The summed E-state index contributed by atoms with van der Waals surface area (Å²) in [6, 6.07) is 0. The van der Waals surface area contributed by atoms with Gasteiger partial charge in [-0.15, -0.1) is 0 Å². The second-order valence-electron chi connectivity index (χ2n) is 2.06. The quantitative estimate of drug-likeness (QED) is 0.354. The Labute approximate surface area is 69.1 Å². The number of hydrogen-bond donors (Lipinski definition) is 2. The van der Waals surface area contributed by atoms with E-state index in [1.54, 1.807) is 0 Å². The van der Waals surface area contributed by atoms with Crippen molar-refractivity contribution in [2.45, 2.75) is 6.92 Å². The van der Waals surface area contributed by atoms with Crippen molar-refractivity contribution in [1.29, 1.82) is 0 Å². The van der Waals surface area contributed by atoms with Crippen molar-refractivity contribution in [1.82, 2.24) is 0 Å². The van der Waals surface area contributed by atoms with Crippen molar-refractivity contribution < 1.29 is 19.5 Å². The van der Waals surface area contributed by atoms with E-state index in [-0.39, 0.29) is 11.1 Å². The molecule has 0 aliphatic heterocycles. The largest absolute Gasteiger partial charge is 0.478 e. The van der Waals surface area contributed by atoms with Gasteiger partial charge in [-0.25, -0.2) is 9.59 Å². The van der Waals surface area contributed by atoms with Crippen LogP contribution < -0.4 is 5.90 Å². The maximum absolute atomic E-state index is 10.6. The summed E-state index contributed by atoms with van der Waals surface area (Å²) in [7, 11) is 0. The first-order chi connectivity index (χ1) is 5.49. The molecule has 0 aromatic rings. The van der Waals surface area contributed by atoms with Crippen LogP contribution in [-0.4, -0.2) is 17.0 Å². The summed E-state index contributed by atoms with van der Waals surface area (Å²) in [5, 5.41) is 8.39. The molecule has 0 spiro atoms. The van der Waals surface area contributed by atoms with E-state index in [9.17, 15) is 9.59 Å². The summed E-state index contributed by atoms with van der Waals surface area (Å²) >= 11 is 0. The standard InChI is InChI=1S/C7H9NO4/c1-4(6(9)10)3-5(2)7(11)12-8/h3H,2,8H2,1H3,(H,9,10). The van der Waals surface area contributed by atoms with Crippen LogP contribution in [0.3, 0.4) is 0 Å². The molecule has 0 aliphatic carbocycles. The van der Waals surface area contributed by atoms with Crippen molar-refractivity contribution in [3.05, 3.63) is 23.8 Å². The highest BCUT2D eigenvalue weighted by Gasteiger charge is 2.07. The Morgan fingerprint density at radius 1 is 1.58 bits per heavy atom. The summed E-state index contributed by atoms with van der Waals surface area (Å²) < 4.78 is 0. The van der Waals surface area contributed by atoms with Gasteiger partial charge in [-0.05, 0) is 13.0 Å². The number of hydrogen-bond acceptors (Lipinski definition) is 4. The van der Waals surface area contributed by atoms with Gasteiger partial charge in [-0.3, -0.25) is 0 Å². The van der Waals surface area contributed by atoms with E-state index in [4.69, 9.17) is 5.11 Å². The Bertz CT molecular complexity index is 254. The van der Waals surface area contributed by atoms with Gasteiger partial charge in [0.25, 0.3) is 0 Å². The summed E-state index contributed by atoms with van der Waals surface area (Å²) in [5.41, 5.74) is -0.109.